The van der Waals surface area contributed by atoms with E-state index in [0.29, 0.717) is 5.96 Å². The van der Waals surface area contributed by atoms with Gasteiger partial charge >= 0.3 is 0 Å². The molecule has 0 saturated heterocycles. The molecule has 1 fully saturated rings. The highest BCUT2D eigenvalue weighted by atomic mass is 15.4. The van der Waals surface area contributed by atoms with Crippen LogP contribution in [0, 0.1) is 0 Å². The predicted octanol–water partition coefficient (Wildman–Crippen LogP) is 3.20. The van der Waals surface area contributed by atoms with Gasteiger partial charge in [-0.3, -0.25) is 4.90 Å². The molecular weight excluding hydrogens is 324 g/mol. The Labute approximate surface area is 151 Å². The highest BCUT2D eigenvalue weighted by Crippen LogP contribution is 2.41. The fourth-order valence-electron chi connectivity index (χ4n) is 4.50. The van der Waals surface area contributed by atoms with E-state index in [1.165, 1.54) is 11.9 Å². The van der Waals surface area contributed by atoms with Crippen LogP contribution < -0.4 is 16.4 Å². The van der Waals surface area contributed by atoms with Crippen molar-refractivity contribution in [2.24, 2.45) is 21.5 Å². The monoisotopic (exact) mass is 346 g/mol. The highest BCUT2D eigenvalue weighted by molar-refractivity contribution is 6.10. The van der Waals surface area contributed by atoms with Crippen molar-refractivity contribution in [1.29, 1.82) is 0 Å². The van der Waals surface area contributed by atoms with Crippen molar-refractivity contribution in [3.05, 3.63) is 48.7 Å². The number of benzene rings is 1. The SMILES string of the molecule is NC1=NC2(CCCCC2)N(c2cccc3c2ccc2cccn23)C(N)=N1. The largest absolute Gasteiger partial charge is 0.369 e. The maximum absolute atomic E-state index is 6.40. The third kappa shape index (κ3) is 2.11. The van der Waals surface area contributed by atoms with Crippen LogP contribution >= 0.6 is 0 Å². The first-order valence-corrected chi connectivity index (χ1v) is 9.17. The molecule has 4 N–H and O–H groups in total. The summed E-state index contributed by atoms with van der Waals surface area (Å²) >= 11 is 0. The number of hydrogen-bond acceptors (Lipinski definition) is 5. The number of pyridine rings is 1. The maximum Gasteiger partial charge on any atom is 0.220 e. The van der Waals surface area contributed by atoms with Crippen LogP contribution in [0.5, 0.6) is 0 Å². The summed E-state index contributed by atoms with van der Waals surface area (Å²) in [4.78, 5) is 11.2. The van der Waals surface area contributed by atoms with Crippen LogP contribution in [-0.2, 0) is 0 Å². The maximum atomic E-state index is 6.40. The number of guanidine groups is 2. The first kappa shape index (κ1) is 15.3. The van der Waals surface area contributed by atoms with Crippen molar-refractivity contribution >= 4 is 34.0 Å². The lowest BCUT2D eigenvalue weighted by atomic mass is 9.87. The van der Waals surface area contributed by atoms with E-state index in [1.807, 2.05) is 0 Å². The molecule has 1 saturated carbocycles. The molecule has 2 aliphatic rings. The molecule has 1 aliphatic heterocycles. The van der Waals surface area contributed by atoms with Crippen molar-refractivity contribution in [3.63, 3.8) is 0 Å². The third-order valence-corrected chi connectivity index (χ3v) is 5.61. The lowest BCUT2D eigenvalue weighted by Crippen LogP contribution is -2.58. The Bertz CT molecular complexity index is 1050. The standard InChI is InChI=1S/C20H22N6/c21-18-23-19(22)26(20(24-18)11-2-1-3-12-20)17-8-4-7-16-15(17)10-9-14-6-5-13-25(14)16/h4-10,13H,1-3,11-12H2,(H4,21,22,23,24). The molecule has 1 aromatic carbocycles. The second-order valence-corrected chi connectivity index (χ2v) is 7.16. The molecule has 0 atom stereocenters. The topological polar surface area (TPSA) is 84.4 Å². The van der Waals surface area contributed by atoms with Gasteiger partial charge in [-0.1, -0.05) is 12.5 Å². The zero-order chi connectivity index (χ0) is 17.7. The van der Waals surface area contributed by atoms with Crippen molar-refractivity contribution < 1.29 is 0 Å². The third-order valence-electron chi connectivity index (χ3n) is 5.61. The van der Waals surface area contributed by atoms with E-state index in [1.54, 1.807) is 0 Å². The van der Waals surface area contributed by atoms with E-state index in [0.717, 1.165) is 42.3 Å². The van der Waals surface area contributed by atoms with E-state index < -0.39 is 5.66 Å². The Balaban J connectivity index is 1.76. The minimum Gasteiger partial charge on any atom is -0.369 e. The van der Waals surface area contributed by atoms with E-state index in [-0.39, 0.29) is 5.96 Å². The smallest absolute Gasteiger partial charge is 0.220 e. The predicted molar refractivity (Wildman–Crippen MR) is 106 cm³/mol. The van der Waals surface area contributed by atoms with Crippen LogP contribution in [0.25, 0.3) is 16.4 Å². The van der Waals surface area contributed by atoms with Crippen molar-refractivity contribution in [3.8, 4) is 0 Å². The molecule has 0 amide bonds. The first-order chi connectivity index (χ1) is 12.7. The summed E-state index contributed by atoms with van der Waals surface area (Å²) in [6, 6.07) is 14.8. The lowest BCUT2D eigenvalue weighted by molar-refractivity contribution is 0.306. The fraction of sp³-hybridized carbons (Fsp3) is 0.300. The van der Waals surface area contributed by atoms with Gasteiger partial charge in [-0.15, -0.1) is 0 Å². The molecule has 26 heavy (non-hydrogen) atoms. The molecule has 2 aromatic heterocycles. The van der Waals surface area contributed by atoms with Gasteiger partial charge in [0.15, 0.2) is 0 Å². The van der Waals surface area contributed by atoms with E-state index in [4.69, 9.17) is 16.5 Å². The summed E-state index contributed by atoms with van der Waals surface area (Å²) in [6.45, 7) is 0. The van der Waals surface area contributed by atoms with Gasteiger partial charge in [-0.05, 0) is 62.1 Å². The normalized spacial score (nSPS) is 19.8. The quantitative estimate of drug-likeness (QED) is 0.709. The van der Waals surface area contributed by atoms with Gasteiger partial charge in [0, 0.05) is 17.1 Å². The number of aromatic nitrogens is 1. The van der Waals surface area contributed by atoms with Crippen molar-refractivity contribution in [2.75, 3.05) is 4.90 Å². The van der Waals surface area contributed by atoms with E-state index >= 15 is 0 Å². The number of nitrogens with zero attached hydrogens (tertiary/aromatic N) is 4. The molecule has 1 aliphatic carbocycles. The number of hydrogen-bond donors (Lipinski definition) is 2. The number of rotatable bonds is 1. The average Bonchev–Trinajstić information content (AvgIpc) is 3.11. The minimum atomic E-state index is -0.423. The van der Waals surface area contributed by atoms with Crippen molar-refractivity contribution in [2.45, 2.75) is 37.8 Å². The van der Waals surface area contributed by atoms with Gasteiger partial charge in [-0.2, -0.15) is 4.99 Å². The Morgan fingerprint density at radius 2 is 1.77 bits per heavy atom. The van der Waals surface area contributed by atoms with Gasteiger partial charge in [0.2, 0.25) is 11.9 Å². The van der Waals surface area contributed by atoms with Crippen LogP contribution in [0.1, 0.15) is 32.1 Å². The average molecular weight is 346 g/mol. The summed E-state index contributed by atoms with van der Waals surface area (Å²) in [5.74, 6) is 0.716. The van der Waals surface area contributed by atoms with Crippen molar-refractivity contribution in [1.82, 2.24) is 4.40 Å². The second kappa shape index (κ2) is 5.49. The molecule has 132 valence electrons. The Morgan fingerprint density at radius 1 is 0.923 bits per heavy atom. The van der Waals surface area contributed by atoms with Crippen LogP contribution in [0.2, 0.25) is 0 Å². The number of fused-ring (bicyclic) bond motifs is 3. The Hall–Kier alpha value is -3.02. The van der Waals surface area contributed by atoms with Gasteiger partial charge in [0.05, 0.1) is 11.2 Å². The number of anilines is 1. The fourth-order valence-corrected chi connectivity index (χ4v) is 4.50. The molecule has 0 bridgehead atoms. The Morgan fingerprint density at radius 3 is 2.62 bits per heavy atom. The molecule has 3 heterocycles. The molecule has 0 unspecified atom stereocenters. The molecule has 5 rings (SSSR count). The van der Waals surface area contributed by atoms with Crippen LogP contribution in [-0.4, -0.2) is 22.0 Å². The molecule has 6 heteroatoms. The first-order valence-electron chi connectivity index (χ1n) is 9.17. The van der Waals surface area contributed by atoms with E-state index in [9.17, 15) is 0 Å². The van der Waals surface area contributed by atoms with E-state index in [2.05, 4.69) is 63.0 Å². The van der Waals surface area contributed by atoms with Crippen LogP contribution in [0.15, 0.2) is 58.6 Å². The lowest BCUT2D eigenvalue weighted by Gasteiger charge is -2.46. The summed E-state index contributed by atoms with van der Waals surface area (Å²) in [5.41, 5.74) is 15.3. The molecular formula is C20H22N6. The zero-order valence-electron chi connectivity index (χ0n) is 14.6. The molecule has 0 radical (unpaired) electrons. The summed E-state index contributed by atoms with van der Waals surface area (Å²) < 4.78 is 2.20. The highest BCUT2D eigenvalue weighted by Gasteiger charge is 2.43. The number of nitrogens with two attached hydrogens (primary N) is 2. The summed E-state index contributed by atoms with van der Waals surface area (Å²) in [7, 11) is 0. The Kier molecular flexibility index (Phi) is 3.22. The zero-order valence-corrected chi connectivity index (χ0v) is 14.6. The van der Waals surface area contributed by atoms with Gasteiger partial charge < -0.3 is 15.9 Å². The van der Waals surface area contributed by atoms with Crippen LogP contribution in [0.4, 0.5) is 5.69 Å². The summed E-state index contributed by atoms with van der Waals surface area (Å²) in [5, 5.41) is 1.13. The number of aliphatic imine (C=N–C) groups is 2. The summed E-state index contributed by atoms with van der Waals surface area (Å²) in [6.07, 6.45) is 7.42. The molecule has 3 aromatic rings. The minimum absolute atomic E-state index is 0.286. The molecule has 1 spiro atoms. The van der Waals surface area contributed by atoms with Gasteiger partial charge in [-0.25, -0.2) is 4.99 Å². The van der Waals surface area contributed by atoms with Gasteiger partial charge in [0.25, 0.3) is 0 Å². The van der Waals surface area contributed by atoms with Crippen LogP contribution in [0.3, 0.4) is 0 Å². The molecule has 6 nitrogen and oxygen atoms in total. The second-order valence-electron chi connectivity index (χ2n) is 7.16. The van der Waals surface area contributed by atoms with Gasteiger partial charge in [0.1, 0.15) is 5.66 Å².